The zero-order chi connectivity index (χ0) is 20.6. The lowest BCUT2D eigenvalue weighted by Gasteiger charge is -2.29. The maximum absolute atomic E-state index is 12.6. The van der Waals surface area contributed by atoms with Crippen LogP contribution in [0.3, 0.4) is 0 Å². The second-order valence-corrected chi connectivity index (χ2v) is 7.15. The zero-order valence-corrected chi connectivity index (χ0v) is 17.2. The highest BCUT2D eigenvalue weighted by molar-refractivity contribution is 6.02. The van der Waals surface area contributed by atoms with Crippen molar-refractivity contribution in [3.63, 3.8) is 0 Å². The maximum atomic E-state index is 12.6. The van der Waals surface area contributed by atoms with E-state index in [9.17, 15) is 9.59 Å². The first-order valence-electron chi connectivity index (χ1n) is 10.2. The molecule has 1 N–H and O–H groups in total. The van der Waals surface area contributed by atoms with Gasteiger partial charge in [-0.1, -0.05) is 12.1 Å². The summed E-state index contributed by atoms with van der Waals surface area (Å²) in [7, 11) is 0. The number of hydrogen-bond donors (Lipinski definition) is 1. The summed E-state index contributed by atoms with van der Waals surface area (Å²) in [6, 6.07) is 15.2. The van der Waals surface area contributed by atoms with Crippen LogP contribution in [0.1, 0.15) is 33.1 Å². The molecular formula is C23H29N3O3. The molecule has 0 spiro atoms. The van der Waals surface area contributed by atoms with Crippen LogP contribution in [0.2, 0.25) is 0 Å². The van der Waals surface area contributed by atoms with Crippen molar-refractivity contribution >= 4 is 28.9 Å². The average Bonchev–Trinajstić information content (AvgIpc) is 2.74. The number of amides is 2. The molecule has 1 saturated heterocycles. The van der Waals surface area contributed by atoms with Crippen LogP contribution in [0, 0.1) is 0 Å². The highest BCUT2D eigenvalue weighted by Gasteiger charge is 2.18. The van der Waals surface area contributed by atoms with E-state index >= 15 is 0 Å². The minimum atomic E-state index is -0.271. The summed E-state index contributed by atoms with van der Waals surface area (Å²) in [5.41, 5.74) is 2.47. The van der Waals surface area contributed by atoms with Crippen LogP contribution in [0.25, 0.3) is 0 Å². The van der Waals surface area contributed by atoms with Crippen molar-refractivity contribution in [3.8, 4) is 5.75 Å². The molecule has 3 rings (SSSR count). The lowest BCUT2D eigenvalue weighted by molar-refractivity contribution is -0.120. The Hall–Kier alpha value is -3.02. The Morgan fingerprint density at radius 2 is 1.72 bits per heavy atom. The molecule has 1 fully saturated rings. The maximum Gasteiger partial charge on any atom is 0.244 e. The van der Waals surface area contributed by atoms with Crippen LogP contribution in [0.4, 0.5) is 17.1 Å². The zero-order valence-electron chi connectivity index (χ0n) is 17.2. The second kappa shape index (κ2) is 9.96. The van der Waals surface area contributed by atoms with Gasteiger partial charge in [0.05, 0.1) is 12.3 Å². The number of carbonyl (C=O) groups is 2. The van der Waals surface area contributed by atoms with Gasteiger partial charge in [0, 0.05) is 31.4 Å². The summed E-state index contributed by atoms with van der Waals surface area (Å²) in [5, 5.41) is 2.85. The van der Waals surface area contributed by atoms with Gasteiger partial charge in [-0.3, -0.25) is 9.59 Å². The first-order chi connectivity index (χ1) is 14.1. The normalized spacial score (nSPS) is 13.7. The summed E-state index contributed by atoms with van der Waals surface area (Å²) >= 11 is 0. The van der Waals surface area contributed by atoms with E-state index in [2.05, 4.69) is 10.2 Å². The molecule has 6 nitrogen and oxygen atoms in total. The third-order valence-corrected chi connectivity index (χ3v) is 5.03. The van der Waals surface area contributed by atoms with Gasteiger partial charge in [0.1, 0.15) is 12.3 Å². The van der Waals surface area contributed by atoms with Crippen molar-refractivity contribution in [3.05, 3.63) is 48.5 Å². The number of anilines is 3. The molecule has 29 heavy (non-hydrogen) atoms. The fraction of sp³-hybridized carbons (Fsp3) is 0.391. The molecule has 0 aliphatic carbocycles. The smallest absolute Gasteiger partial charge is 0.244 e. The number of carbonyl (C=O) groups excluding carboxylic acids is 2. The highest BCUT2D eigenvalue weighted by Crippen LogP contribution is 2.25. The van der Waals surface area contributed by atoms with Crippen molar-refractivity contribution in [2.24, 2.45) is 0 Å². The van der Waals surface area contributed by atoms with Gasteiger partial charge in [0.15, 0.2) is 0 Å². The monoisotopic (exact) mass is 395 g/mol. The summed E-state index contributed by atoms with van der Waals surface area (Å²) in [6.45, 7) is 5.95. The molecular weight excluding hydrogens is 366 g/mol. The van der Waals surface area contributed by atoms with E-state index in [1.54, 1.807) is 12.1 Å². The van der Waals surface area contributed by atoms with E-state index in [-0.39, 0.29) is 18.4 Å². The number of hydrogen-bond acceptors (Lipinski definition) is 4. The number of nitrogens with one attached hydrogen (secondary N) is 1. The molecule has 2 aromatic carbocycles. The molecule has 0 radical (unpaired) electrons. The Kier molecular flexibility index (Phi) is 7.11. The molecule has 2 amide bonds. The first-order valence-corrected chi connectivity index (χ1v) is 10.2. The lowest BCUT2D eigenvalue weighted by Crippen LogP contribution is -2.36. The Morgan fingerprint density at radius 1 is 1.03 bits per heavy atom. The summed E-state index contributed by atoms with van der Waals surface area (Å²) in [5.74, 6) is 0.167. The van der Waals surface area contributed by atoms with Crippen molar-refractivity contribution in [1.82, 2.24) is 0 Å². The summed E-state index contributed by atoms with van der Waals surface area (Å²) in [4.78, 5) is 28.7. The van der Waals surface area contributed by atoms with Crippen LogP contribution >= 0.6 is 0 Å². The van der Waals surface area contributed by atoms with Crippen LogP contribution in [0.5, 0.6) is 5.75 Å². The largest absolute Gasteiger partial charge is 0.492 e. The fourth-order valence-corrected chi connectivity index (χ4v) is 3.56. The molecule has 0 bridgehead atoms. The van der Waals surface area contributed by atoms with E-state index in [1.165, 1.54) is 31.1 Å². The van der Waals surface area contributed by atoms with E-state index in [1.807, 2.05) is 43.3 Å². The number of nitrogens with zero attached hydrogens (tertiary/aromatic N) is 2. The van der Waals surface area contributed by atoms with Crippen molar-refractivity contribution in [2.45, 2.75) is 33.1 Å². The fourth-order valence-electron chi connectivity index (χ4n) is 3.56. The third-order valence-electron chi connectivity index (χ3n) is 5.03. The molecule has 1 aliphatic heterocycles. The number of ether oxygens (including phenoxy) is 1. The number of piperidine rings is 1. The van der Waals surface area contributed by atoms with Crippen LogP contribution in [0.15, 0.2) is 48.5 Å². The number of rotatable bonds is 7. The van der Waals surface area contributed by atoms with Crippen LogP contribution < -0.4 is 19.9 Å². The molecule has 0 aromatic heterocycles. The summed E-state index contributed by atoms with van der Waals surface area (Å²) < 4.78 is 5.55. The topological polar surface area (TPSA) is 61.9 Å². The van der Waals surface area contributed by atoms with Gasteiger partial charge in [0.25, 0.3) is 0 Å². The van der Waals surface area contributed by atoms with Crippen molar-refractivity contribution < 1.29 is 14.3 Å². The third kappa shape index (κ3) is 5.50. The van der Waals surface area contributed by atoms with Gasteiger partial charge in [-0.15, -0.1) is 0 Å². The van der Waals surface area contributed by atoms with E-state index in [0.29, 0.717) is 23.7 Å². The van der Waals surface area contributed by atoms with Gasteiger partial charge in [-0.2, -0.15) is 0 Å². The molecule has 1 aliphatic rings. The highest BCUT2D eigenvalue weighted by atomic mass is 16.5. The Balaban J connectivity index is 1.68. The quantitative estimate of drug-likeness (QED) is 0.768. The van der Waals surface area contributed by atoms with Crippen LogP contribution in [-0.4, -0.2) is 38.1 Å². The second-order valence-electron chi connectivity index (χ2n) is 7.15. The molecule has 2 aromatic rings. The first kappa shape index (κ1) is 20.7. The van der Waals surface area contributed by atoms with E-state index in [4.69, 9.17) is 4.74 Å². The van der Waals surface area contributed by atoms with Gasteiger partial charge in [0.2, 0.25) is 11.8 Å². The minimum absolute atomic E-state index is 0.0567. The molecule has 6 heteroatoms. The Morgan fingerprint density at radius 3 is 2.38 bits per heavy atom. The van der Waals surface area contributed by atoms with E-state index in [0.717, 1.165) is 18.8 Å². The predicted molar refractivity (Wildman–Crippen MR) is 117 cm³/mol. The van der Waals surface area contributed by atoms with Gasteiger partial charge in [-0.05, 0) is 62.6 Å². The van der Waals surface area contributed by atoms with Gasteiger partial charge >= 0.3 is 0 Å². The standard InChI is InChI=1S/C23H29N3O3/c1-3-29-22-10-6-5-9-21(22)24-23(28)17-26(18(2)27)20-13-11-19(12-14-20)25-15-7-4-8-16-25/h5-6,9-14H,3-4,7-8,15-17H2,1-2H3,(H,24,28). The predicted octanol–water partition coefficient (Wildman–Crippen LogP) is 4.07. The SMILES string of the molecule is CCOc1ccccc1NC(=O)CN(C(C)=O)c1ccc(N2CCCCC2)cc1. The number of para-hydroxylation sites is 2. The van der Waals surface area contributed by atoms with E-state index < -0.39 is 0 Å². The summed E-state index contributed by atoms with van der Waals surface area (Å²) in [6.07, 6.45) is 3.71. The molecule has 0 unspecified atom stereocenters. The molecule has 154 valence electrons. The lowest BCUT2D eigenvalue weighted by atomic mass is 10.1. The Labute approximate surface area is 172 Å². The van der Waals surface area contributed by atoms with Crippen molar-refractivity contribution in [2.75, 3.05) is 41.4 Å². The molecule has 0 saturated carbocycles. The molecule has 1 heterocycles. The van der Waals surface area contributed by atoms with Gasteiger partial charge < -0.3 is 19.9 Å². The minimum Gasteiger partial charge on any atom is -0.492 e. The Bertz CT molecular complexity index is 830. The number of benzene rings is 2. The van der Waals surface area contributed by atoms with Gasteiger partial charge in [-0.25, -0.2) is 0 Å². The van der Waals surface area contributed by atoms with Crippen molar-refractivity contribution in [1.29, 1.82) is 0 Å². The van der Waals surface area contributed by atoms with Crippen LogP contribution in [-0.2, 0) is 9.59 Å². The average molecular weight is 396 g/mol. The molecule has 0 atom stereocenters.